The molecule has 1 heterocycles. The Balaban J connectivity index is 2.06. The van der Waals surface area contributed by atoms with Crippen LogP contribution in [0.2, 0.25) is 0 Å². The predicted octanol–water partition coefficient (Wildman–Crippen LogP) is 2.14. The number of fused-ring (bicyclic) bond motifs is 1. The van der Waals surface area contributed by atoms with E-state index in [2.05, 4.69) is 31.9 Å². The van der Waals surface area contributed by atoms with Crippen LogP contribution in [0, 0.1) is 11.8 Å². The van der Waals surface area contributed by atoms with Crippen molar-refractivity contribution in [1.29, 1.82) is 0 Å². The minimum atomic E-state index is 0.247. The first-order chi connectivity index (χ1) is 4.23. The molecular formula is C6H8Br2O. The molecule has 2 rings (SSSR count). The van der Waals surface area contributed by atoms with Gasteiger partial charge in [0.1, 0.15) is 0 Å². The maximum absolute atomic E-state index is 5.30. The lowest BCUT2D eigenvalue weighted by atomic mass is 10.2. The first-order valence-corrected chi connectivity index (χ1v) is 4.77. The molecule has 0 N–H and O–H groups in total. The normalized spacial score (nSPS) is 46.0. The topological polar surface area (TPSA) is 9.23 Å². The van der Waals surface area contributed by atoms with Gasteiger partial charge >= 0.3 is 0 Å². The molecule has 0 aromatic rings. The fourth-order valence-corrected chi connectivity index (χ4v) is 3.24. The molecular weight excluding hydrogens is 248 g/mol. The number of hydrogen-bond donors (Lipinski definition) is 0. The van der Waals surface area contributed by atoms with E-state index in [1.165, 1.54) is 6.42 Å². The number of halogens is 2. The first kappa shape index (κ1) is 6.62. The van der Waals surface area contributed by atoms with Gasteiger partial charge in [-0.15, -0.1) is 0 Å². The number of ether oxygens (including phenoxy) is 1. The molecule has 1 nitrogen and oxygen atoms in total. The Morgan fingerprint density at radius 2 is 2.11 bits per heavy atom. The minimum absolute atomic E-state index is 0.247. The first-order valence-electron chi connectivity index (χ1n) is 3.18. The smallest absolute Gasteiger partial charge is 0.0892 e. The van der Waals surface area contributed by atoms with Crippen LogP contribution in [0.3, 0.4) is 0 Å². The predicted molar refractivity (Wildman–Crippen MR) is 43.0 cm³/mol. The Hall–Kier alpha value is 0.920. The third kappa shape index (κ3) is 0.889. The lowest BCUT2D eigenvalue weighted by Gasteiger charge is -2.06. The Morgan fingerprint density at radius 1 is 1.33 bits per heavy atom. The number of rotatable bonds is 0. The minimum Gasteiger partial charge on any atom is -0.381 e. The molecule has 0 spiro atoms. The van der Waals surface area contributed by atoms with Crippen LogP contribution in [-0.2, 0) is 4.74 Å². The highest BCUT2D eigenvalue weighted by molar-refractivity contribution is 9.25. The summed E-state index contributed by atoms with van der Waals surface area (Å²) in [6, 6.07) is 0. The summed E-state index contributed by atoms with van der Waals surface area (Å²) in [6.07, 6.45) is 1.21. The van der Waals surface area contributed by atoms with Crippen molar-refractivity contribution in [2.75, 3.05) is 13.2 Å². The van der Waals surface area contributed by atoms with E-state index in [-0.39, 0.29) is 3.23 Å². The van der Waals surface area contributed by atoms with Crippen molar-refractivity contribution in [1.82, 2.24) is 0 Å². The van der Waals surface area contributed by atoms with Crippen molar-refractivity contribution in [2.24, 2.45) is 11.8 Å². The standard InChI is InChI=1S/C6H8Br2O/c7-6(8)4-1-2-9-3-5(4)6/h4-5H,1-3H2. The third-order valence-corrected chi connectivity index (χ3v) is 4.59. The summed E-state index contributed by atoms with van der Waals surface area (Å²) in [5.74, 6) is 1.55. The van der Waals surface area contributed by atoms with Crippen LogP contribution in [0.5, 0.6) is 0 Å². The summed E-state index contributed by atoms with van der Waals surface area (Å²) in [7, 11) is 0. The van der Waals surface area contributed by atoms with Crippen molar-refractivity contribution in [3.8, 4) is 0 Å². The van der Waals surface area contributed by atoms with Gasteiger partial charge in [-0.3, -0.25) is 0 Å². The molecule has 1 aliphatic carbocycles. The largest absolute Gasteiger partial charge is 0.381 e. The molecule has 3 heteroatoms. The summed E-state index contributed by atoms with van der Waals surface area (Å²) >= 11 is 7.23. The van der Waals surface area contributed by atoms with E-state index in [0.29, 0.717) is 0 Å². The van der Waals surface area contributed by atoms with Gasteiger partial charge in [0.05, 0.1) is 9.84 Å². The highest BCUT2D eigenvalue weighted by atomic mass is 79.9. The van der Waals surface area contributed by atoms with E-state index in [4.69, 9.17) is 4.74 Å². The maximum atomic E-state index is 5.30. The highest BCUT2D eigenvalue weighted by Crippen LogP contribution is 2.64. The van der Waals surface area contributed by atoms with Crippen LogP contribution < -0.4 is 0 Å². The molecule has 0 bridgehead atoms. The van der Waals surface area contributed by atoms with Gasteiger partial charge in [-0.05, 0) is 12.3 Å². The SMILES string of the molecule is BrC1(Br)C2CCOCC21. The molecule has 2 aliphatic rings. The molecule has 0 aromatic heterocycles. The van der Waals surface area contributed by atoms with E-state index in [9.17, 15) is 0 Å². The lowest BCUT2D eigenvalue weighted by Crippen LogP contribution is -2.07. The fraction of sp³-hybridized carbons (Fsp3) is 1.00. The van der Waals surface area contributed by atoms with Crippen molar-refractivity contribution in [3.63, 3.8) is 0 Å². The summed E-state index contributed by atoms with van der Waals surface area (Å²) < 4.78 is 5.55. The van der Waals surface area contributed by atoms with Crippen molar-refractivity contribution in [3.05, 3.63) is 0 Å². The molecule has 0 radical (unpaired) electrons. The van der Waals surface area contributed by atoms with Crippen molar-refractivity contribution in [2.45, 2.75) is 9.65 Å². The number of alkyl halides is 2. The van der Waals surface area contributed by atoms with Gasteiger partial charge < -0.3 is 4.74 Å². The van der Waals surface area contributed by atoms with Crippen molar-refractivity contribution >= 4 is 31.9 Å². The van der Waals surface area contributed by atoms with Gasteiger partial charge in [-0.25, -0.2) is 0 Å². The van der Waals surface area contributed by atoms with E-state index >= 15 is 0 Å². The molecule has 2 unspecified atom stereocenters. The zero-order chi connectivity index (χ0) is 6.48. The van der Waals surface area contributed by atoms with Crippen LogP contribution in [0.4, 0.5) is 0 Å². The maximum Gasteiger partial charge on any atom is 0.0892 e. The average molecular weight is 256 g/mol. The van der Waals surface area contributed by atoms with Crippen LogP contribution >= 0.6 is 31.9 Å². The second-order valence-electron chi connectivity index (χ2n) is 2.75. The lowest BCUT2D eigenvalue weighted by molar-refractivity contribution is 0.0889. The quantitative estimate of drug-likeness (QED) is 0.603. The molecule has 1 aliphatic heterocycles. The van der Waals surface area contributed by atoms with E-state index in [0.717, 1.165) is 25.0 Å². The summed E-state index contributed by atoms with van der Waals surface area (Å²) in [5, 5.41) is 0. The van der Waals surface area contributed by atoms with E-state index < -0.39 is 0 Å². The number of hydrogen-bond acceptors (Lipinski definition) is 1. The van der Waals surface area contributed by atoms with Crippen LogP contribution in [0.1, 0.15) is 6.42 Å². The van der Waals surface area contributed by atoms with Gasteiger partial charge in [0, 0.05) is 12.5 Å². The molecule has 52 valence electrons. The Labute approximate surface area is 71.4 Å². The highest BCUT2D eigenvalue weighted by Gasteiger charge is 2.62. The van der Waals surface area contributed by atoms with Crippen molar-refractivity contribution < 1.29 is 4.74 Å². The van der Waals surface area contributed by atoms with Gasteiger partial charge in [-0.2, -0.15) is 0 Å². The summed E-state index contributed by atoms with van der Waals surface area (Å²) in [5.41, 5.74) is 0. The molecule has 1 saturated heterocycles. The third-order valence-electron chi connectivity index (χ3n) is 2.24. The average Bonchev–Trinajstić information content (AvgIpc) is 2.39. The second-order valence-corrected chi connectivity index (χ2v) is 6.44. The summed E-state index contributed by atoms with van der Waals surface area (Å²) in [4.78, 5) is 0. The van der Waals surface area contributed by atoms with Gasteiger partial charge in [0.2, 0.25) is 0 Å². The Bertz CT molecular complexity index is 121. The monoisotopic (exact) mass is 254 g/mol. The van der Waals surface area contributed by atoms with E-state index in [1.807, 2.05) is 0 Å². The Kier molecular flexibility index (Phi) is 1.44. The molecule has 0 amide bonds. The van der Waals surface area contributed by atoms with E-state index in [1.54, 1.807) is 0 Å². The molecule has 2 fully saturated rings. The molecule has 2 atom stereocenters. The second kappa shape index (κ2) is 1.95. The molecule has 0 aromatic carbocycles. The van der Waals surface area contributed by atoms with Gasteiger partial charge in [-0.1, -0.05) is 31.9 Å². The fourth-order valence-electron chi connectivity index (χ4n) is 1.50. The van der Waals surface area contributed by atoms with Gasteiger partial charge in [0.15, 0.2) is 0 Å². The van der Waals surface area contributed by atoms with Gasteiger partial charge in [0.25, 0.3) is 0 Å². The zero-order valence-electron chi connectivity index (χ0n) is 4.94. The molecule has 1 saturated carbocycles. The molecule has 9 heavy (non-hydrogen) atoms. The van der Waals surface area contributed by atoms with Crippen LogP contribution in [0.15, 0.2) is 0 Å². The van der Waals surface area contributed by atoms with Crippen LogP contribution in [-0.4, -0.2) is 16.4 Å². The van der Waals surface area contributed by atoms with Crippen LogP contribution in [0.25, 0.3) is 0 Å². The zero-order valence-corrected chi connectivity index (χ0v) is 8.11. The summed E-state index contributed by atoms with van der Waals surface area (Å²) in [6.45, 7) is 1.88. The Morgan fingerprint density at radius 3 is 2.56 bits per heavy atom.